The van der Waals surface area contributed by atoms with Crippen LogP contribution in [0.4, 0.5) is 5.82 Å². The second-order valence-corrected chi connectivity index (χ2v) is 5.64. The zero-order valence-electron chi connectivity index (χ0n) is 11.2. The van der Waals surface area contributed by atoms with E-state index in [4.69, 9.17) is 6.42 Å². The summed E-state index contributed by atoms with van der Waals surface area (Å²) in [6.07, 6.45) is 7.14. The molecule has 0 fully saturated rings. The van der Waals surface area contributed by atoms with Gasteiger partial charge in [-0.05, 0) is 34.5 Å². The van der Waals surface area contributed by atoms with Crippen LogP contribution in [-0.4, -0.2) is 25.1 Å². The van der Waals surface area contributed by atoms with Gasteiger partial charge < -0.3 is 10.2 Å². The molecule has 1 heterocycles. The molecule has 0 saturated heterocycles. The van der Waals surface area contributed by atoms with Gasteiger partial charge in [-0.15, -0.1) is 6.42 Å². The van der Waals surface area contributed by atoms with Gasteiger partial charge in [-0.2, -0.15) is 0 Å². The zero-order valence-corrected chi connectivity index (χ0v) is 12.8. The molecule has 0 amide bonds. The van der Waals surface area contributed by atoms with Crippen LogP contribution in [0, 0.1) is 18.3 Å². The van der Waals surface area contributed by atoms with Gasteiger partial charge >= 0.3 is 0 Å². The fraction of sp³-hybridized carbons (Fsp3) is 0.500. The van der Waals surface area contributed by atoms with E-state index < -0.39 is 0 Å². The van der Waals surface area contributed by atoms with Gasteiger partial charge in [-0.1, -0.05) is 19.8 Å². The largest absolute Gasteiger partial charge is 0.348 e. The number of anilines is 1. The fourth-order valence-corrected chi connectivity index (χ4v) is 2.03. The summed E-state index contributed by atoms with van der Waals surface area (Å²) in [6, 6.07) is 2.09. The Morgan fingerprint density at radius 2 is 2.28 bits per heavy atom. The Morgan fingerprint density at radius 1 is 1.56 bits per heavy atom. The lowest BCUT2D eigenvalue weighted by molar-refractivity contribution is 0.551. The van der Waals surface area contributed by atoms with Gasteiger partial charge in [0.2, 0.25) is 0 Å². The molecule has 0 unspecified atom stereocenters. The van der Waals surface area contributed by atoms with E-state index in [1.807, 2.05) is 11.9 Å². The molecule has 0 aromatic carbocycles. The van der Waals surface area contributed by atoms with E-state index in [1.165, 1.54) is 0 Å². The summed E-state index contributed by atoms with van der Waals surface area (Å²) in [6.45, 7) is 6.74. The molecule has 4 heteroatoms. The molecule has 18 heavy (non-hydrogen) atoms. The molecule has 0 aliphatic rings. The van der Waals surface area contributed by atoms with Crippen molar-refractivity contribution in [3.63, 3.8) is 0 Å². The van der Waals surface area contributed by atoms with Gasteiger partial charge in [0.25, 0.3) is 0 Å². The molecule has 0 radical (unpaired) electrons. The number of halogens is 1. The summed E-state index contributed by atoms with van der Waals surface area (Å²) in [5, 5.41) is 3.43. The molecule has 0 bridgehead atoms. The molecule has 1 aromatic heterocycles. The Labute approximate surface area is 118 Å². The first-order chi connectivity index (χ1) is 8.54. The minimum atomic E-state index is 0.561. The summed E-state index contributed by atoms with van der Waals surface area (Å²) >= 11 is 3.46. The average molecular weight is 310 g/mol. The Hall–Kier alpha value is -1.05. The molecule has 3 nitrogen and oxygen atoms in total. The smallest absolute Gasteiger partial charge is 0.133 e. The van der Waals surface area contributed by atoms with Crippen LogP contribution < -0.4 is 10.2 Å². The highest BCUT2D eigenvalue weighted by atomic mass is 79.9. The second-order valence-electron chi connectivity index (χ2n) is 4.72. The van der Waals surface area contributed by atoms with E-state index in [1.54, 1.807) is 6.20 Å². The summed E-state index contributed by atoms with van der Waals surface area (Å²) < 4.78 is 0.988. The van der Waals surface area contributed by atoms with Crippen molar-refractivity contribution >= 4 is 21.7 Å². The van der Waals surface area contributed by atoms with Crippen molar-refractivity contribution in [1.29, 1.82) is 0 Å². The van der Waals surface area contributed by atoms with Crippen LogP contribution in [0.3, 0.4) is 0 Å². The third-order valence-corrected chi connectivity index (χ3v) is 2.90. The van der Waals surface area contributed by atoms with Crippen molar-refractivity contribution in [2.45, 2.75) is 20.4 Å². The standard InChI is InChI=1S/C14H20BrN3/c1-5-6-18(4)14-12(7-13(15)10-17-14)9-16-8-11(2)3/h1,7,10-11,16H,6,8-9H2,2-4H3. The first-order valence-electron chi connectivity index (χ1n) is 6.04. The predicted octanol–water partition coefficient (Wildman–Crippen LogP) is 2.66. The topological polar surface area (TPSA) is 28.2 Å². The fourth-order valence-electron chi connectivity index (χ4n) is 1.66. The molecule has 1 N–H and O–H groups in total. The lowest BCUT2D eigenvalue weighted by Crippen LogP contribution is -2.24. The molecular formula is C14H20BrN3. The van der Waals surface area contributed by atoms with Crippen LogP contribution in [0.2, 0.25) is 0 Å². The Kier molecular flexibility index (Phi) is 6.17. The highest BCUT2D eigenvalue weighted by Crippen LogP contribution is 2.20. The number of aromatic nitrogens is 1. The van der Waals surface area contributed by atoms with Crippen molar-refractivity contribution < 1.29 is 0 Å². The molecule has 0 aliphatic carbocycles. The summed E-state index contributed by atoms with van der Waals surface area (Å²) in [5.41, 5.74) is 1.16. The summed E-state index contributed by atoms with van der Waals surface area (Å²) in [5.74, 6) is 4.21. The highest BCUT2D eigenvalue weighted by molar-refractivity contribution is 9.10. The number of pyridine rings is 1. The van der Waals surface area contributed by atoms with Crippen molar-refractivity contribution in [2.24, 2.45) is 5.92 Å². The molecule has 1 aromatic rings. The normalized spacial score (nSPS) is 10.4. The molecule has 0 spiro atoms. The van der Waals surface area contributed by atoms with Crippen LogP contribution in [-0.2, 0) is 6.54 Å². The number of rotatable bonds is 6. The molecule has 98 valence electrons. The highest BCUT2D eigenvalue weighted by Gasteiger charge is 2.09. The molecule has 0 aliphatic heterocycles. The Bertz CT molecular complexity index is 424. The third kappa shape index (κ3) is 4.67. The summed E-state index contributed by atoms with van der Waals surface area (Å²) in [4.78, 5) is 6.42. The van der Waals surface area contributed by atoms with Crippen LogP contribution in [0.25, 0.3) is 0 Å². The van der Waals surface area contributed by atoms with Gasteiger partial charge in [0, 0.05) is 29.8 Å². The van der Waals surface area contributed by atoms with Crippen LogP contribution >= 0.6 is 15.9 Å². The molecular weight excluding hydrogens is 290 g/mol. The van der Waals surface area contributed by atoms with Crippen LogP contribution in [0.15, 0.2) is 16.7 Å². The monoisotopic (exact) mass is 309 g/mol. The Balaban J connectivity index is 2.80. The van der Waals surface area contributed by atoms with Gasteiger partial charge in [0.15, 0.2) is 0 Å². The van der Waals surface area contributed by atoms with Crippen LogP contribution in [0.1, 0.15) is 19.4 Å². The maximum atomic E-state index is 5.34. The van der Waals surface area contributed by atoms with E-state index in [9.17, 15) is 0 Å². The number of nitrogens with one attached hydrogen (secondary N) is 1. The molecule has 1 rings (SSSR count). The van der Waals surface area contributed by atoms with Crippen molar-refractivity contribution in [2.75, 3.05) is 25.0 Å². The average Bonchev–Trinajstić information content (AvgIpc) is 2.29. The maximum absolute atomic E-state index is 5.34. The van der Waals surface area contributed by atoms with E-state index >= 15 is 0 Å². The maximum Gasteiger partial charge on any atom is 0.133 e. The third-order valence-electron chi connectivity index (χ3n) is 2.47. The Morgan fingerprint density at radius 3 is 2.89 bits per heavy atom. The number of terminal acetylenes is 1. The van der Waals surface area contributed by atoms with E-state index in [-0.39, 0.29) is 0 Å². The van der Waals surface area contributed by atoms with Gasteiger partial charge in [0.05, 0.1) is 6.54 Å². The van der Waals surface area contributed by atoms with E-state index in [0.717, 1.165) is 28.9 Å². The van der Waals surface area contributed by atoms with Gasteiger partial charge in [0.1, 0.15) is 5.82 Å². The lowest BCUT2D eigenvalue weighted by Gasteiger charge is -2.19. The molecule has 0 atom stereocenters. The lowest BCUT2D eigenvalue weighted by atomic mass is 10.2. The number of hydrogen-bond donors (Lipinski definition) is 1. The zero-order chi connectivity index (χ0) is 13.5. The van der Waals surface area contributed by atoms with Crippen molar-refractivity contribution in [3.8, 4) is 12.3 Å². The minimum absolute atomic E-state index is 0.561. The van der Waals surface area contributed by atoms with E-state index in [0.29, 0.717) is 12.5 Å². The van der Waals surface area contributed by atoms with Crippen molar-refractivity contribution in [1.82, 2.24) is 10.3 Å². The first-order valence-corrected chi connectivity index (χ1v) is 6.83. The quantitative estimate of drug-likeness (QED) is 0.819. The SMILES string of the molecule is C#CCN(C)c1ncc(Br)cc1CNCC(C)C. The van der Waals surface area contributed by atoms with Gasteiger partial charge in [-0.25, -0.2) is 4.98 Å². The van der Waals surface area contributed by atoms with E-state index in [2.05, 4.69) is 52.1 Å². The number of hydrogen-bond acceptors (Lipinski definition) is 3. The summed E-state index contributed by atoms with van der Waals surface area (Å²) in [7, 11) is 1.96. The predicted molar refractivity (Wildman–Crippen MR) is 80.6 cm³/mol. The first kappa shape index (κ1) is 15.0. The number of nitrogens with zero attached hydrogens (tertiary/aromatic N) is 2. The minimum Gasteiger partial charge on any atom is -0.348 e. The van der Waals surface area contributed by atoms with Crippen LogP contribution in [0.5, 0.6) is 0 Å². The van der Waals surface area contributed by atoms with Gasteiger partial charge in [-0.3, -0.25) is 0 Å². The second kappa shape index (κ2) is 7.40. The van der Waals surface area contributed by atoms with Crippen molar-refractivity contribution in [3.05, 3.63) is 22.3 Å². The molecule has 0 saturated carbocycles.